The van der Waals surface area contributed by atoms with E-state index in [0.717, 1.165) is 5.56 Å². The van der Waals surface area contributed by atoms with Crippen LogP contribution in [0.1, 0.15) is 5.56 Å². The monoisotopic (exact) mass is 271 g/mol. The Hall–Kier alpha value is -2.67. The normalized spacial score (nSPS) is 10.8. The van der Waals surface area contributed by atoms with Crippen molar-refractivity contribution >= 4 is 17.0 Å². The minimum absolute atomic E-state index is 0.129. The SMILES string of the molecule is COCc1cccc(Oc2nc(N)nc3[nH]ncc23)c1. The first-order valence-electron chi connectivity index (χ1n) is 5.98. The van der Waals surface area contributed by atoms with Crippen LogP contribution in [0.25, 0.3) is 11.0 Å². The molecule has 3 rings (SSSR count). The van der Waals surface area contributed by atoms with Crippen molar-refractivity contribution in [2.75, 3.05) is 12.8 Å². The standard InChI is InChI=1S/C13H13N5O2/c1-19-7-8-3-2-4-9(5-8)20-12-10-6-15-18-11(10)16-13(14)17-12/h2-6H,7H2,1H3,(H3,14,15,16,17,18). The zero-order valence-corrected chi connectivity index (χ0v) is 10.8. The molecule has 20 heavy (non-hydrogen) atoms. The number of aromatic amines is 1. The topological polar surface area (TPSA) is 98.9 Å². The van der Waals surface area contributed by atoms with Crippen LogP contribution in [0.15, 0.2) is 30.5 Å². The third-order valence-corrected chi connectivity index (χ3v) is 2.72. The van der Waals surface area contributed by atoms with Crippen molar-refractivity contribution in [1.82, 2.24) is 20.2 Å². The summed E-state index contributed by atoms with van der Waals surface area (Å²) in [5, 5.41) is 7.32. The fourth-order valence-corrected chi connectivity index (χ4v) is 1.88. The smallest absolute Gasteiger partial charge is 0.235 e. The molecule has 2 heterocycles. The van der Waals surface area contributed by atoms with Gasteiger partial charge >= 0.3 is 0 Å². The van der Waals surface area contributed by atoms with E-state index in [0.29, 0.717) is 29.3 Å². The molecule has 0 aliphatic carbocycles. The molecule has 7 nitrogen and oxygen atoms in total. The molecule has 0 fully saturated rings. The van der Waals surface area contributed by atoms with E-state index in [-0.39, 0.29) is 5.95 Å². The largest absolute Gasteiger partial charge is 0.438 e. The molecule has 0 spiro atoms. The summed E-state index contributed by atoms with van der Waals surface area (Å²) in [5.74, 6) is 1.15. The number of methoxy groups -OCH3 is 1. The summed E-state index contributed by atoms with van der Waals surface area (Å²) in [7, 11) is 1.65. The number of nitrogens with two attached hydrogens (primary N) is 1. The summed E-state index contributed by atoms with van der Waals surface area (Å²) in [6.07, 6.45) is 1.60. The van der Waals surface area contributed by atoms with E-state index < -0.39 is 0 Å². The van der Waals surface area contributed by atoms with Gasteiger partial charge in [0.1, 0.15) is 11.1 Å². The Bertz CT molecular complexity index is 740. The van der Waals surface area contributed by atoms with Gasteiger partial charge in [-0.2, -0.15) is 15.1 Å². The number of nitrogens with zero attached hydrogens (tertiary/aromatic N) is 3. The quantitative estimate of drug-likeness (QED) is 0.751. The van der Waals surface area contributed by atoms with E-state index in [1.165, 1.54) is 0 Å². The molecule has 2 aromatic heterocycles. The average Bonchev–Trinajstić information content (AvgIpc) is 2.87. The molecule has 1 aromatic carbocycles. The number of aromatic nitrogens is 4. The molecule has 102 valence electrons. The van der Waals surface area contributed by atoms with Crippen molar-refractivity contribution in [3.63, 3.8) is 0 Å². The summed E-state index contributed by atoms with van der Waals surface area (Å²) in [4.78, 5) is 8.13. The van der Waals surface area contributed by atoms with Crippen molar-refractivity contribution in [2.24, 2.45) is 0 Å². The highest BCUT2D eigenvalue weighted by molar-refractivity contribution is 5.80. The minimum Gasteiger partial charge on any atom is -0.438 e. The lowest BCUT2D eigenvalue weighted by Crippen LogP contribution is -1.98. The number of anilines is 1. The molecule has 0 saturated heterocycles. The number of hydrogen-bond acceptors (Lipinski definition) is 6. The summed E-state index contributed by atoms with van der Waals surface area (Å²) in [6, 6.07) is 7.57. The molecule has 0 bridgehead atoms. The maximum absolute atomic E-state index is 5.77. The van der Waals surface area contributed by atoms with Gasteiger partial charge in [0, 0.05) is 7.11 Å². The van der Waals surface area contributed by atoms with Gasteiger partial charge in [-0.15, -0.1) is 0 Å². The van der Waals surface area contributed by atoms with E-state index in [9.17, 15) is 0 Å². The second kappa shape index (κ2) is 5.14. The van der Waals surface area contributed by atoms with Gasteiger partial charge in [-0.1, -0.05) is 12.1 Å². The van der Waals surface area contributed by atoms with Gasteiger partial charge in [0.05, 0.1) is 12.8 Å². The van der Waals surface area contributed by atoms with Crippen LogP contribution in [-0.4, -0.2) is 27.3 Å². The van der Waals surface area contributed by atoms with Gasteiger partial charge in [-0.05, 0) is 17.7 Å². The Morgan fingerprint density at radius 1 is 1.30 bits per heavy atom. The first kappa shape index (κ1) is 12.4. The van der Waals surface area contributed by atoms with Gasteiger partial charge in [-0.3, -0.25) is 5.10 Å². The molecule has 0 atom stereocenters. The fraction of sp³-hybridized carbons (Fsp3) is 0.154. The number of ether oxygens (including phenoxy) is 2. The highest BCUT2D eigenvalue weighted by Crippen LogP contribution is 2.27. The van der Waals surface area contributed by atoms with Crippen molar-refractivity contribution in [3.05, 3.63) is 36.0 Å². The molecule has 0 aliphatic heterocycles. The van der Waals surface area contributed by atoms with Crippen LogP contribution < -0.4 is 10.5 Å². The van der Waals surface area contributed by atoms with Crippen molar-refractivity contribution in [1.29, 1.82) is 0 Å². The second-order valence-electron chi connectivity index (χ2n) is 4.20. The summed E-state index contributed by atoms with van der Waals surface area (Å²) >= 11 is 0. The summed E-state index contributed by atoms with van der Waals surface area (Å²) < 4.78 is 10.9. The zero-order valence-electron chi connectivity index (χ0n) is 10.8. The van der Waals surface area contributed by atoms with Gasteiger partial charge in [0.2, 0.25) is 11.8 Å². The Morgan fingerprint density at radius 3 is 3.05 bits per heavy atom. The number of hydrogen-bond donors (Lipinski definition) is 2. The first-order chi connectivity index (χ1) is 9.76. The predicted octanol–water partition coefficient (Wildman–Crippen LogP) is 1.87. The summed E-state index contributed by atoms with van der Waals surface area (Å²) in [6.45, 7) is 0.518. The van der Waals surface area contributed by atoms with Gasteiger partial charge in [-0.25, -0.2) is 0 Å². The number of H-pyrrole nitrogens is 1. The van der Waals surface area contributed by atoms with Crippen LogP contribution >= 0.6 is 0 Å². The van der Waals surface area contributed by atoms with E-state index in [4.69, 9.17) is 15.2 Å². The highest BCUT2D eigenvalue weighted by Gasteiger charge is 2.10. The van der Waals surface area contributed by atoms with Crippen LogP contribution in [-0.2, 0) is 11.3 Å². The van der Waals surface area contributed by atoms with Gasteiger partial charge in [0.25, 0.3) is 0 Å². The third kappa shape index (κ3) is 2.39. The highest BCUT2D eigenvalue weighted by atomic mass is 16.5. The number of fused-ring (bicyclic) bond motifs is 1. The van der Waals surface area contributed by atoms with Crippen molar-refractivity contribution in [2.45, 2.75) is 6.61 Å². The molecule has 7 heteroatoms. The summed E-state index contributed by atoms with van der Waals surface area (Å²) in [5.41, 5.74) is 7.20. The van der Waals surface area contributed by atoms with E-state index in [2.05, 4.69) is 20.2 Å². The van der Waals surface area contributed by atoms with Crippen LogP contribution in [0.5, 0.6) is 11.6 Å². The molecule has 3 N–H and O–H groups in total. The predicted molar refractivity (Wildman–Crippen MR) is 73.3 cm³/mol. The maximum Gasteiger partial charge on any atom is 0.235 e. The molecule has 0 amide bonds. The second-order valence-corrected chi connectivity index (χ2v) is 4.20. The molecule has 0 radical (unpaired) electrons. The Kier molecular flexibility index (Phi) is 3.18. The fourth-order valence-electron chi connectivity index (χ4n) is 1.88. The van der Waals surface area contributed by atoms with Crippen LogP contribution in [0.3, 0.4) is 0 Å². The van der Waals surface area contributed by atoms with Crippen molar-refractivity contribution < 1.29 is 9.47 Å². The molecular formula is C13H13N5O2. The number of nitrogens with one attached hydrogen (secondary N) is 1. The zero-order chi connectivity index (χ0) is 13.9. The Labute approximate surface area is 114 Å². The van der Waals surface area contributed by atoms with E-state index in [1.54, 1.807) is 13.3 Å². The minimum atomic E-state index is 0.129. The Balaban J connectivity index is 1.96. The van der Waals surface area contributed by atoms with E-state index >= 15 is 0 Å². The van der Waals surface area contributed by atoms with E-state index in [1.807, 2.05) is 24.3 Å². The Morgan fingerprint density at radius 2 is 2.20 bits per heavy atom. The van der Waals surface area contributed by atoms with Crippen molar-refractivity contribution in [3.8, 4) is 11.6 Å². The van der Waals surface area contributed by atoms with Gasteiger partial charge in [0.15, 0.2) is 5.65 Å². The maximum atomic E-state index is 5.77. The lowest BCUT2D eigenvalue weighted by atomic mass is 10.2. The van der Waals surface area contributed by atoms with Crippen LogP contribution in [0.2, 0.25) is 0 Å². The molecular weight excluding hydrogens is 258 g/mol. The lowest BCUT2D eigenvalue weighted by molar-refractivity contribution is 0.184. The first-order valence-corrected chi connectivity index (χ1v) is 5.98. The van der Waals surface area contributed by atoms with Gasteiger partial charge < -0.3 is 15.2 Å². The third-order valence-electron chi connectivity index (χ3n) is 2.72. The van der Waals surface area contributed by atoms with Crippen LogP contribution in [0, 0.1) is 0 Å². The molecule has 0 unspecified atom stereocenters. The lowest BCUT2D eigenvalue weighted by Gasteiger charge is -2.07. The van der Waals surface area contributed by atoms with Crippen LogP contribution in [0.4, 0.5) is 5.95 Å². The number of rotatable bonds is 4. The number of benzene rings is 1. The molecule has 3 aromatic rings. The molecule has 0 saturated carbocycles. The number of nitrogen functional groups attached to an aromatic ring is 1. The average molecular weight is 271 g/mol. The molecule has 0 aliphatic rings.